The van der Waals surface area contributed by atoms with Crippen molar-refractivity contribution in [2.45, 2.75) is 32.7 Å². The predicted molar refractivity (Wildman–Crippen MR) is 157 cm³/mol. The number of ether oxygens (including phenoxy) is 1. The molecule has 208 valence electrons. The standard InChI is InChI=1S/C30H35ClN8O/c1-21-4-8-33-22(16-21)18-39-27(24-3-2-23(17-25(24)31)40-15-14-37-12-9-32-10-13-37)36-26-28(34-20-35-29(26)39)38-11-7-30(19-38)5-6-30/h2-4,8,16-17,20,32H,5-7,9-15,18-19H2,1H3. The summed E-state index contributed by atoms with van der Waals surface area (Å²) >= 11 is 6.92. The number of halogens is 1. The topological polar surface area (TPSA) is 84.2 Å². The second-order valence-corrected chi connectivity index (χ2v) is 11.9. The number of rotatable bonds is 8. The van der Waals surface area contributed by atoms with Crippen molar-refractivity contribution < 1.29 is 4.74 Å². The number of aromatic nitrogens is 5. The van der Waals surface area contributed by atoms with Crippen molar-refractivity contribution in [3.05, 3.63) is 59.1 Å². The fourth-order valence-corrected chi connectivity index (χ4v) is 6.31. The molecule has 4 aromatic rings. The maximum absolute atomic E-state index is 6.92. The van der Waals surface area contributed by atoms with Crippen LogP contribution in [-0.2, 0) is 6.54 Å². The molecule has 0 bridgehead atoms. The monoisotopic (exact) mass is 558 g/mol. The third kappa shape index (κ3) is 5.13. The first-order chi connectivity index (χ1) is 19.6. The molecule has 0 atom stereocenters. The van der Waals surface area contributed by atoms with E-state index in [9.17, 15) is 0 Å². The Hall–Kier alpha value is -3.27. The van der Waals surface area contributed by atoms with Crippen LogP contribution in [0.1, 0.15) is 30.5 Å². The number of aryl methyl sites for hydroxylation is 1. The number of fused-ring (bicyclic) bond motifs is 1. The molecule has 9 nitrogen and oxygen atoms in total. The van der Waals surface area contributed by atoms with Crippen LogP contribution in [-0.4, -0.2) is 81.8 Å². The van der Waals surface area contributed by atoms with Crippen LogP contribution in [0.4, 0.5) is 5.82 Å². The van der Waals surface area contributed by atoms with E-state index in [1.165, 1.54) is 24.8 Å². The molecule has 3 fully saturated rings. The average molecular weight is 559 g/mol. The van der Waals surface area contributed by atoms with Gasteiger partial charge in [-0.05, 0) is 67.5 Å². The maximum atomic E-state index is 6.92. The van der Waals surface area contributed by atoms with Crippen molar-refractivity contribution >= 4 is 28.6 Å². The molecule has 1 aliphatic carbocycles. The lowest BCUT2D eigenvalue weighted by molar-refractivity contribution is 0.191. The Bertz CT molecular complexity index is 1530. The van der Waals surface area contributed by atoms with Crippen LogP contribution in [0.5, 0.6) is 5.75 Å². The van der Waals surface area contributed by atoms with Gasteiger partial charge in [-0.15, -0.1) is 0 Å². The summed E-state index contributed by atoms with van der Waals surface area (Å²) in [7, 11) is 0. The highest BCUT2D eigenvalue weighted by atomic mass is 35.5. The third-order valence-corrected chi connectivity index (χ3v) is 8.88. The minimum absolute atomic E-state index is 0.484. The van der Waals surface area contributed by atoms with Crippen molar-refractivity contribution in [1.29, 1.82) is 0 Å². The van der Waals surface area contributed by atoms with Crippen LogP contribution in [0.2, 0.25) is 5.02 Å². The minimum atomic E-state index is 0.484. The highest BCUT2D eigenvalue weighted by molar-refractivity contribution is 6.33. The molecule has 3 aliphatic rings. The summed E-state index contributed by atoms with van der Waals surface area (Å²) < 4.78 is 8.20. The number of nitrogens with one attached hydrogen (secondary N) is 1. The number of piperazine rings is 1. The van der Waals surface area contributed by atoms with E-state index in [1.807, 2.05) is 30.5 Å². The summed E-state index contributed by atoms with van der Waals surface area (Å²) in [6.07, 6.45) is 7.37. The van der Waals surface area contributed by atoms with Gasteiger partial charge in [0, 0.05) is 57.6 Å². The summed E-state index contributed by atoms with van der Waals surface area (Å²) in [5.74, 6) is 2.44. The largest absolute Gasteiger partial charge is 0.492 e. The molecule has 1 spiro atoms. The fourth-order valence-electron chi connectivity index (χ4n) is 6.05. The number of pyridine rings is 1. The molecule has 5 heterocycles. The molecule has 40 heavy (non-hydrogen) atoms. The van der Waals surface area contributed by atoms with Crippen molar-refractivity contribution in [3.8, 4) is 17.1 Å². The van der Waals surface area contributed by atoms with Crippen LogP contribution in [0.15, 0.2) is 42.9 Å². The summed E-state index contributed by atoms with van der Waals surface area (Å²) in [4.78, 5) is 24.0. The first-order valence-corrected chi connectivity index (χ1v) is 14.7. The van der Waals surface area contributed by atoms with Crippen molar-refractivity contribution in [1.82, 2.24) is 34.7 Å². The molecule has 2 saturated heterocycles. The SMILES string of the molecule is Cc1ccnc(Cn2c(-c3ccc(OCCN4CCNCC4)cc3Cl)nc3c(N4CCC5(CC5)C4)ncnc32)c1. The number of anilines is 1. The molecule has 1 saturated carbocycles. The van der Waals surface area contributed by atoms with E-state index >= 15 is 0 Å². The zero-order chi connectivity index (χ0) is 27.1. The van der Waals surface area contributed by atoms with E-state index in [0.29, 0.717) is 23.6 Å². The van der Waals surface area contributed by atoms with Crippen molar-refractivity contribution in [2.24, 2.45) is 5.41 Å². The smallest absolute Gasteiger partial charge is 0.166 e. The molecule has 3 aromatic heterocycles. The summed E-state index contributed by atoms with van der Waals surface area (Å²) in [5, 5.41) is 3.98. The second kappa shape index (κ2) is 10.6. The average Bonchev–Trinajstić information content (AvgIpc) is 3.44. The number of hydrogen-bond donors (Lipinski definition) is 1. The van der Waals surface area contributed by atoms with Gasteiger partial charge in [-0.2, -0.15) is 0 Å². The van der Waals surface area contributed by atoms with Crippen LogP contribution < -0.4 is 15.0 Å². The summed E-state index contributed by atoms with van der Waals surface area (Å²) in [6, 6.07) is 10.00. The van der Waals surface area contributed by atoms with Gasteiger partial charge in [-0.25, -0.2) is 15.0 Å². The zero-order valence-corrected chi connectivity index (χ0v) is 23.7. The molecule has 2 aliphatic heterocycles. The lowest BCUT2D eigenvalue weighted by Crippen LogP contribution is -2.44. The van der Waals surface area contributed by atoms with Gasteiger partial charge in [0.2, 0.25) is 0 Å². The van der Waals surface area contributed by atoms with Gasteiger partial charge in [0.15, 0.2) is 17.0 Å². The fraction of sp³-hybridized carbons (Fsp3) is 0.467. The van der Waals surface area contributed by atoms with E-state index in [0.717, 1.165) is 85.6 Å². The van der Waals surface area contributed by atoms with Crippen molar-refractivity contribution in [2.75, 3.05) is 57.3 Å². The minimum Gasteiger partial charge on any atom is -0.492 e. The number of nitrogens with zero attached hydrogens (tertiary/aromatic N) is 7. The van der Waals surface area contributed by atoms with Crippen LogP contribution in [0.3, 0.4) is 0 Å². The molecular weight excluding hydrogens is 524 g/mol. The zero-order valence-electron chi connectivity index (χ0n) is 22.9. The Labute approximate surface area is 239 Å². The van der Waals surface area contributed by atoms with Crippen molar-refractivity contribution in [3.63, 3.8) is 0 Å². The van der Waals surface area contributed by atoms with E-state index < -0.39 is 0 Å². The molecule has 10 heteroatoms. The Kier molecular flexibility index (Phi) is 6.81. The third-order valence-electron chi connectivity index (χ3n) is 8.57. The van der Waals surface area contributed by atoms with E-state index in [2.05, 4.69) is 37.7 Å². The van der Waals surface area contributed by atoms with Gasteiger partial charge < -0.3 is 19.5 Å². The first-order valence-electron chi connectivity index (χ1n) is 14.3. The highest BCUT2D eigenvalue weighted by Crippen LogP contribution is 2.53. The molecule has 0 unspecified atom stereocenters. The highest BCUT2D eigenvalue weighted by Gasteiger charge is 2.48. The molecule has 0 radical (unpaired) electrons. The Morgan fingerprint density at radius 2 is 1.90 bits per heavy atom. The second-order valence-electron chi connectivity index (χ2n) is 11.5. The molecular formula is C30H35ClN8O. The Balaban J connectivity index is 1.22. The van der Waals surface area contributed by atoms with Crippen LogP contribution in [0.25, 0.3) is 22.6 Å². The van der Waals surface area contributed by atoms with E-state index in [1.54, 1.807) is 6.33 Å². The van der Waals surface area contributed by atoms with Gasteiger partial charge in [0.1, 0.15) is 24.5 Å². The summed E-state index contributed by atoms with van der Waals surface area (Å²) in [6.45, 7) is 10.4. The summed E-state index contributed by atoms with van der Waals surface area (Å²) in [5.41, 5.74) is 5.05. The quantitative estimate of drug-likeness (QED) is 0.345. The van der Waals surface area contributed by atoms with Gasteiger partial charge in [-0.3, -0.25) is 9.88 Å². The molecule has 1 N–H and O–H groups in total. The van der Waals surface area contributed by atoms with Gasteiger partial charge >= 0.3 is 0 Å². The maximum Gasteiger partial charge on any atom is 0.166 e. The molecule has 7 rings (SSSR count). The van der Waals surface area contributed by atoms with E-state index in [-0.39, 0.29) is 0 Å². The van der Waals surface area contributed by atoms with Gasteiger partial charge in [0.25, 0.3) is 0 Å². The van der Waals surface area contributed by atoms with Crippen LogP contribution in [0, 0.1) is 12.3 Å². The molecule has 1 aromatic carbocycles. The lowest BCUT2D eigenvalue weighted by Gasteiger charge is -2.26. The Morgan fingerprint density at radius 1 is 1.02 bits per heavy atom. The van der Waals surface area contributed by atoms with Gasteiger partial charge in [0.05, 0.1) is 17.3 Å². The normalized spacial score (nSPS) is 18.6. The van der Waals surface area contributed by atoms with E-state index in [4.69, 9.17) is 31.3 Å². The Morgan fingerprint density at radius 3 is 2.67 bits per heavy atom. The first kappa shape index (κ1) is 25.7. The van der Waals surface area contributed by atoms with Crippen LogP contribution >= 0.6 is 11.6 Å². The number of benzene rings is 1. The number of hydrogen-bond acceptors (Lipinski definition) is 8. The predicted octanol–water partition coefficient (Wildman–Crippen LogP) is 4.17. The lowest BCUT2D eigenvalue weighted by atomic mass is 10.1. The number of imidazole rings is 1. The van der Waals surface area contributed by atoms with Gasteiger partial charge in [-0.1, -0.05) is 11.6 Å². The molecule has 0 amide bonds.